The lowest BCUT2D eigenvalue weighted by atomic mass is 10.0. The predicted octanol–water partition coefficient (Wildman–Crippen LogP) is 4.29. The van der Waals surface area contributed by atoms with E-state index in [1.165, 1.54) is 7.11 Å². The molecule has 27 heavy (non-hydrogen) atoms. The van der Waals surface area contributed by atoms with Crippen molar-refractivity contribution >= 4 is 5.97 Å². The van der Waals surface area contributed by atoms with E-state index >= 15 is 0 Å². The van der Waals surface area contributed by atoms with Gasteiger partial charge in [-0.3, -0.25) is 4.57 Å². The molecule has 0 spiro atoms. The topological polar surface area (TPSA) is 70.2 Å². The molecule has 0 aliphatic heterocycles. The predicted molar refractivity (Wildman–Crippen MR) is 101 cm³/mol. The number of esters is 1. The SMILES string of the molecule is COC(=O)c1nc(-c2c(-c3ccccc3)noc2C)cn1-c1ccccc1. The lowest BCUT2D eigenvalue weighted by Crippen LogP contribution is -2.10. The van der Waals surface area contributed by atoms with Gasteiger partial charge in [-0.15, -0.1) is 0 Å². The largest absolute Gasteiger partial charge is 0.463 e. The summed E-state index contributed by atoms with van der Waals surface area (Å²) < 4.78 is 12.1. The highest BCUT2D eigenvalue weighted by Gasteiger charge is 2.24. The monoisotopic (exact) mass is 359 g/mol. The van der Waals surface area contributed by atoms with Crippen LogP contribution in [0.4, 0.5) is 0 Å². The molecular formula is C21H17N3O3. The minimum Gasteiger partial charge on any atom is -0.463 e. The van der Waals surface area contributed by atoms with Crippen LogP contribution in [0.25, 0.3) is 28.2 Å². The van der Waals surface area contributed by atoms with Crippen LogP contribution in [0.5, 0.6) is 0 Å². The van der Waals surface area contributed by atoms with Crippen molar-refractivity contribution in [1.29, 1.82) is 0 Å². The third-order valence-corrected chi connectivity index (χ3v) is 4.27. The first kappa shape index (κ1) is 16.8. The standard InChI is InChI=1S/C21H17N3O3/c1-14-18(19(23-27-14)15-9-5-3-6-10-15)17-13-24(16-11-7-4-8-12-16)20(22-17)21(25)26-2/h3-13H,1-2H3. The summed E-state index contributed by atoms with van der Waals surface area (Å²) in [6.07, 6.45) is 1.80. The number of aryl methyl sites for hydroxylation is 1. The number of rotatable bonds is 4. The molecule has 0 saturated carbocycles. The van der Waals surface area contributed by atoms with Gasteiger partial charge in [-0.2, -0.15) is 0 Å². The zero-order valence-corrected chi connectivity index (χ0v) is 14.9. The van der Waals surface area contributed by atoms with Crippen molar-refractivity contribution in [2.24, 2.45) is 0 Å². The van der Waals surface area contributed by atoms with E-state index in [-0.39, 0.29) is 5.82 Å². The number of para-hydroxylation sites is 1. The fraction of sp³-hybridized carbons (Fsp3) is 0.0952. The molecule has 0 unspecified atom stereocenters. The molecule has 2 heterocycles. The number of nitrogens with zero attached hydrogens (tertiary/aromatic N) is 3. The first-order valence-electron chi connectivity index (χ1n) is 8.44. The summed E-state index contributed by atoms with van der Waals surface area (Å²) >= 11 is 0. The number of carbonyl (C=O) groups excluding carboxylic acids is 1. The number of carbonyl (C=O) groups is 1. The van der Waals surface area contributed by atoms with Gasteiger partial charge in [-0.25, -0.2) is 9.78 Å². The van der Waals surface area contributed by atoms with Crippen LogP contribution in [0.2, 0.25) is 0 Å². The number of ether oxygens (including phenoxy) is 1. The molecule has 0 aliphatic carbocycles. The maximum absolute atomic E-state index is 12.3. The second kappa shape index (κ2) is 6.92. The highest BCUT2D eigenvalue weighted by molar-refractivity contribution is 5.88. The minimum atomic E-state index is -0.513. The van der Waals surface area contributed by atoms with Crippen molar-refractivity contribution in [2.75, 3.05) is 7.11 Å². The van der Waals surface area contributed by atoms with Crippen LogP contribution in [0.3, 0.4) is 0 Å². The van der Waals surface area contributed by atoms with Gasteiger partial charge in [0, 0.05) is 17.4 Å². The lowest BCUT2D eigenvalue weighted by molar-refractivity contribution is 0.0584. The molecule has 0 fully saturated rings. The number of methoxy groups -OCH3 is 1. The first-order valence-corrected chi connectivity index (χ1v) is 8.44. The fourth-order valence-corrected chi connectivity index (χ4v) is 2.99. The number of hydrogen-bond donors (Lipinski definition) is 0. The summed E-state index contributed by atoms with van der Waals surface area (Å²) in [5.74, 6) is 0.307. The molecular weight excluding hydrogens is 342 g/mol. The average molecular weight is 359 g/mol. The van der Waals surface area contributed by atoms with Crippen LogP contribution in [0, 0.1) is 6.92 Å². The second-order valence-corrected chi connectivity index (χ2v) is 5.98. The molecule has 2 aromatic carbocycles. The Labute approximate surface area is 156 Å². The summed E-state index contributed by atoms with van der Waals surface area (Å²) in [6, 6.07) is 19.2. The maximum Gasteiger partial charge on any atom is 0.374 e. The minimum absolute atomic E-state index is 0.193. The number of hydrogen-bond acceptors (Lipinski definition) is 5. The van der Waals surface area contributed by atoms with E-state index in [1.54, 1.807) is 10.8 Å². The third-order valence-electron chi connectivity index (χ3n) is 4.27. The molecule has 0 amide bonds. The Morgan fingerprint density at radius 2 is 1.70 bits per heavy atom. The number of imidazole rings is 1. The highest BCUT2D eigenvalue weighted by Crippen LogP contribution is 2.34. The molecule has 134 valence electrons. The van der Waals surface area contributed by atoms with Crippen LogP contribution in [0.15, 0.2) is 71.4 Å². The molecule has 4 rings (SSSR count). The Morgan fingerprint density at radius 3 is 2.37 bits per heavy atom. The van der Waals surface area contributed by atoms with Crippen molar-refractivity contribution in [3.63, 3.8) is 0 Å². The fourth-order valence-electron chi connectivity index (χ4n) is 2.99. The molecule has 0 aliphatic rings. The third kappa shape index (κ3) is 3.01. The Kier molecular flexibility index (Phi) is 4.30. The van der Waals surface area contributed by atoms with Crippen LogP contribution >= 0.6 is 0 Å². The van der Waals surface area contributed by atoms with Crippen molar-refractivity contribution < 1.29 is 14.1 Å². The molecule has 6 nitrogen and oxygen atoms in total. The highest BCUT2D eigenvalue weighted by atomic mass is 16.5. The molecule has 0 N–H and O–H groups in total. The Hall–Kier alpha value is -3.67. The molecule has 4 aromatic rings. The molecule has 0 atom stereocenters. The normalized spacial score (nSPS) is 10.7. The van der Waals surface area contributed by atoms with Gasteiger partial charge in [0.15, 0.2) is 0 Å². The Morgan fingerprint density at radius 1 is 1.04 bits per heavy atom. The van der Waals surface area contributed by atoms with E-state index in [1.807, 2.05) is 67.6 Å². The summed E-state index contributed by atoms with van der Waals surface area (Å²) in [4.78, 5) is 16.8. The van der Waals surface area contributed by atoms with Gasteiger partial charge in [0.1, 0.15) is 11.5 Å². The van der Waals surface area contributed by atoms with Crippen LogP contribution < -0.4 is 0 Å². The van der Waals surface area contributed by atoms with Gasteiger partial charge in [0.2, 0.25) is 5.82 Å². The Bertz CT molecular complexity index is 1080. The maximum atomic E-state index is 12.3. The van der Waals surface area contributed by atoms with Crippen molar-refractivity contribution in [3.05, 3.63) is 78.4 Å². The van der Waals surface area contributed by atoms with Gasteiger partial charge in [0.05, 0.1) is 18.4 Å². The van der Waals surface area contributed by atoms with Crippen LogP contribution in [0.1, 0.15) is 16.4 Å². The van der Waals surface area contributed by atoms with E-state index in [4.69, 9.17) is 9.26 Å². The first-order chi connectivity index (χ1) is 13.2. The summed E-state index contributed by atoms with van der Waals surface area (Å²) in [6.45, 7) is 1.83. The summed E-state index contributed by atoms with van der Waals surface area (Å²) in [5, 5.41) is 4.20. The van der Waals surface area contributed by atoms with Crippen molar-refractivity contribution in [1.82, 2.24) is 14.7 Å². The van der Waals surface area contributed by atoms with Crippen molar-refractivity contribution in [2.45, 2.75) is 6.92 Å². The molecule has 6 heteroatoms. The smallest absolute Gasteiger partial charge is 0.374 e. The van der Waals surface area contributed by atoms with E-state index in [0.29, 0.717) is 17.1 Å². The van der Waals surface area contributed by atoms with Gasteiger partial charge in [-0.05, 0) is 19.1 Å². The van der Waals surface area contributed by atoms with Crippen LogP contribution in [-0.4, -0.2) is 27.8 Å². The number of aromatic nitrogens is 3. The van der Waals surface area contributed by atoms with Crippen molar-refractivity contribution in [3.8, 4) is 28.2 Å². The number of benzene rings is 2. The molecule has 0 bridgehead atoms. The Balaban J connectivity index is 1.91. The van der Waals surface area contributed by atoms with Gasteiger partial charge in [-0.1, -0.05) is 53.7 Å². The van der Waals surface area contributed by atoms with E-state index in [9.17, 15) is 4.79 Å². The van der Waals surface area contributed by atoms with E-state index in [0.717, 1.165) is 16.8 Å². The van der Waals surface area contributed by atoms with Gasteiger partial charge < -0.3 is 9.26 Å². The van der Waals surface area contributed by atoms with E-state index < -0.39 is 5.97 Å². The second-order valence-electron chi connectivity index (χ2n) is 5.98. The van der Waals surface area contributed by atoms with Gasteiger partial charge >= 0.3 is 5.97 Å². The zero-order valence-electron chi connectivity index (χ0n) is 14.9. The lowest BCUT2D eigenvalue weighted by Gasteiger charge is -2.05. The van der Waals surface area contributed by atoms with Crippen LogP contribution in [-0.2, 0) is 4.74 Å². The molecule has 2 aromatic heterocycles. The zero-order chi connectivity index (χ0) is 18.8. The summed E-state index contributed by atoms with van der Waals surface area (Å²) in [5.41, 5.74) is 3.75. The van der Waals surface area contributed by atoms with E-state index in [2.05, 4.69) is 10.1 Å². The summed E-state index contributed by atoms with van der Waals surface area (Å²) in [7, 11) is 1.34. The molecule has 0 saturated heterocycles. The molecule has 0 radical (unpaired) electrons. The average Bonchev–Trinajstić information content (AvgIpc) is 3.32. The quantitative estimate of drug-likeness (QED) is 0.508. The van der Waals surface area contributed by atoms with Gasteiger partial charge in [0.25, 0.3) is 0 Å².